The van der Waals surface area contributed by atoms with E-state index in [1.54, 1.807) is 14.2 Å². The smallest absolute Gasteiger partial charge is 0.271 e. The minimum atomic E-state index is -1.12. The molecule has 0 bridgehead atoms. The maximum absolute atomic E-state index is 12.7. The van der Waals surface area contributed by atoms with Crippen LogP contribution in [0.2, 0.25) is 0 Å². The van der Waals surface area contributed by atoms with Gasteiger partial charge in [0.05, 0.1) is 26.0 Å². The van der Waals surface area contributed by atoms with Crippen LogP contribution in [-0.4, -0.2) is 42.1 Å². The molecule has 3 atom stereocenters. The molecule has 0 saturated heterocycles. The molecule has 0 spiro atoms. The molecule has 1 aliphatic carbocycles. The Bertz CT molecular complexity index is 921. The van der Waals surface area contributed by atoms with E-state index in [9.17, 15) is 9.90 Å². The van der Waals surface area contributed by atoms with Crippen LogP contribution < -0.4 is 9.47 Å². The van der Waals surface area contributed by atoms with E-state index in [1.807, 2.05) is 36.4 Å². The fourth-order valence-electron chi connectivity index (χ4n) is 4.12. The van der Waals surface area contributed by atoms with Gasteiger partial charge in [-0.2, -0.15) is 5.10 Å². The van der Waals surface area contributed by atoms with Crippen LogP contribution in [0.4, 0.5) is 0 Å². The van der Waals surface area contributed by atoms with Crippen LogP contribution in [0.5, 0.6) is 11.5 Å². The summed E-state index contributed by atoms with van der Waals surface area (Å²) in [7, 11) is 3.27. The minimum absolute atomic E-state index is 0.0655. The quantitative estimate of drug-likeness (QED) is 0.885. The summed E-state index contributed by atoms with van der Waals surface area (Å²) in [5.74, 6) is 1.20. The number of carbonyl (C=O) groups excluding carboxylic acids is 1. The van der Waals surface area contributed by atoms with Crippen LogP contribution in [0.25, 0.3) is 0 Å². The van der Waals surface area contributed by atoms with Gasteiger partial charge < -0.3 is 14.6 Å². The molecule has 0 fully saturated rings. The lowest BCUT2D eigenvalue weighted by molar-refractivity contribution is -0.141. The third-order valence-corrected chi connectivity index (χ3v) is 5.57. The molecule has 146 valence electrons. The van der Waals surface area contributed by atoms with Gasteiger partial charge in [-0.1, -0.05) is 18.2 Å². The van der Waals surface area contributed by atoms with E-state index in [0.717, 1.165) is 41.2 Å². The molecule has 1 N–H and O–H groups in total. The van der Waals surface area contributed by atoms with Crippen molar-refractivity contribution in [1.29, 1.82) is 0 Å². The van der Waals surface area contributed by atoms with Crippen molar-refractivity contribution in [3.05, 3.63) is 59.2 Å². The van der Waals surface area contributed by atoms with Crippen LogP contribution in [0.3, 0.4) is 0 Å². The van der Waals surface area contributed by atoms with Crippen molar-refractivity contribution in [2.45, 2.75) is 31.9 Å². The SMILES string of the molecule is COc1ccc([C@H]2[C@H]3CCc4ccc(OC)cc4C3=NN2C(=O)[C@H](C)O)cc1. The average Bonchev–Trinajstić information content (AvgIpc) is 3.12. The Morgan fingerprint density at radius 1 is 1.14 bits per heavy atom. The highest BCUT2D eigenvalue weighted by molar-refractivity contribution is 6.07. The standard InChI is InChI=1S/C22H24N2O4/c1-13(25)22(26)24-21(15-5-8-16(27-2)9-6-15)18-11-7-14-4-10-17(28-3)12-19(14)20(18)23-24/h4-6,8-10,12-13,18,21,25H,7,11H2,1-3H3/t13-,18-,21-/m0/s1. The number of hydrazone groups is 1. The number of nitrogens with zero attached hydrogens (tertiary/aromatic N) is 2. The van der Waals surface area contributed by atoms with E-state index in [0.29, 0.717) is 0 Å². The molecule has 0 saturated carbocycles. The minimum Gasteiger partial charge on any atom is -0.497 e. The highest BCUT2D eigenvalue weighted by Gasteiger charge is 2.44. The fourth-order valence-corrected chi connectivity index (χ4v) is 4.12. The van der Waals surface area contributed by atoms with Crippen LogP contribution in [0.1, 0.15) is 36.1 Å². The molecule has 2 aliphatic rings. The number of methoxy groups -OCH3 is 2. The Kier molecular flexibility index (Phi) is 4.81. The van der Waals surface area contributed by atoms with E-state index in [1.165, 1.54) is 17.5 Å². The van der Waals surface area contributed by atoms with Gasteiger partial charge in [0.25, 0.3) is 5.91 Å². The van der Waals surface area contributed by atoms with E-state index in [4.69, 9.17) is 14.6 Å². The zero-order valence-electron chi connectivity index (χ0n) is 16.3. The Morgan fingerprint density at radius 3 is 2.46 bits per heavy atom. The summed E-state index contributed by atoms with van der Waals surface area (Å²) in [6.07, 6.45) is 0.681. The van der Waals surface area contributed by atoms with Crippen LogP contribution in [0.15, 0.2) is 47.6 Å². The van der Waals surface area contributed by atoms with Crippen LogP contribution in [0, 0.1) is 5.92 Å². The summed E-state index contributed by atoms with van der Waals surface area (Å²) in [5, 5.41) is 16.1. The van der Waals surface area contributed by atoms with Gasteiger partial charge in [-0.15, -0.1) is 0 Å². The number of amides is 1. The molecule has 4 rings (SSSR count). The first-order valence-corrected chi connectivity index (χ1v) is 9.44. The molecule has 0 radical (unpaired) electrons. The van der Waals surface area contributed by atoms with Gasteiger partial charge in [-0.3, -0.25) is 4.79 Å². The largest absolute Gasteiger partial charge is 0.497 e. The Labute approximate surface area is 164 Å². The molecule has 1 amide bonds. The summed E-state index contributed by atoms with van der Waals surface area (Å²) in [6.45, 7) is 1.48. The summed E-state index contributed by atoms with van der Waals surface area (Å²) in [5.41, 5.74) is 4.09. The monoisotopic (exact) mass is 380 g/mol. The van der Waals surface area contributed by atoms with E-state index >= 15 is 0 Å². The van der Waals surface area contributed by atoms with Gasteiger partial charge in [0, 0.05) is 11.5 Å². The van der Waals surface area contributed by atoms with E-state index in [-0.39, 0.29) is 12.0 Å². The second kappa shape index (κ2) is 7.28. The summed E-state index contributed by atoms with van der Waals surface area (Å²) >= 11 is 0. The van der Waals surface area contributed by atoms with Crippen LogP contribution >= 0.6 is 0 Å². The van der Waals surface area contributed by atoms with Crippen molar-refractivity contribution < 1.29 is 19.4 Å². The van der Waals surface area contributed by atoms with Crippen molar-refractivity contribution in [1.82, 2.24) is 5.01 Å². The molecule has 28 heavy (non-hydrogen) atoms. The predicted molar refractivity (Wildman–Crippen MR) is 106 cm³/mol. The number of aryl methyl sites for hydroxylation is 1. The molecule has 0 unspecified atom stereocenters. The fraction of sp³-hybridized carbons (Fsp3) is 0.364. The lowest BCUT2D eigenvalue weighted by Crippen LogP contribution is -2.37. The van der Waals surface area contributed by atoms with Crippen LogP contribution in [-0.2, 0) is 11.2 Å². The van der Waals surface area contributed by atoms with Crippen molar-refractivity contribution >= 4 is 11.6 Å². The maximum atomic E-state index is 12.7. The molecular formula is C22H24N2O4. The zero-order valence-corrected chi connectivity index (χ0v) is 16.3. The van der Waals surface area contributed by atoms with Gasteiger partial charge in [0.2, 0.25) is 0 Å². The number of fused-ring (bicyclic) bond motifs is 3. The number of benzene rings is 2. The van der Waals surface area contributed by atoms with Gasteiger partial charge in [0.1, 0.15) is 17.6 Å². The third kappa shape index (κ3) is 3.03. The zero-order chi connectivity index (χ0) is 19.8. The van der Waals surface area contributed by atoms with E-state index in [2.05, 4.69) is 6.07 Å². The predicted octanol–water partition coefficient (Wildman–Crippen LogP) is 2.93. The van der Waals surface area contributed by atoms with Gasteiger partial charge in [-0.25, -0.2) is 5.01 Å². The molecular weight excluding hydrogens is 356 g/mol. The van der Waals surface area contributed by atoms with E-state index < -0.39 is 12.0 Å². The second-order valence-electron chi connectivity index (χ2n) is 7.23. The summed E-state index contributed by atoms with van der Waals surface area (Å²) in [4.78, 5) is 12.7. The second-order valence-corrected chi connectivity index (χ2v) is 7.23. The molecule has 1 heterocycles. The Morgan fingerprint density at radius 2 is 1.82 bits per heavy atom. The summed E-state index contributed by atoms with van der Waals surface area (Å²) < 4.78 is 10.6. The Balaban J connectivity index is 1.79. The highest BCUT2D eigenvalue weighted by atomic mass is 16.5. The van der Waals surface area contributed by atoms with Crippen molar-refractivity contribution in [3.63, 3.8) is 0 Å². The topological polar surface area (TPSA) is 71.4 Å². The number of carbonyl (C=O) groups is 1. The first-order valence-electron chi connectivity index (χ1n) is 9.44. The number of ether oxygens (including phenoxy) is 2. The lowest BCUT2D eigenvalue weighted by atomic mass is 9.77. The normalized spacial score (nSPS) is 21.4. The number of rotatable bonds is 4. The number of hydrogen-bond donors (Lipinski definition) is 1. The van der Waals surface area contributed by atoms with Gasteiger partial charge in [-0.05, 0) is 55.2 Å². The molecule has 6 nitrogen and oxygen atoms in total. The van der Waals surface area contributed by atoms with Gasteiger partial charge >= 0.3 is 0 Å². The first kappa shape index (κ1) is 18.5. The number of hydrogen-bond acceptors (Lipinski definition) is 5. The Hall–Kier alpha value is -2.86. The van der Waals surface area contributed by atoms with Crippen molar-refractivity contribution in [3.8, 4) is 11.5 Å². The molecule has 2 aromatic carbocycles. The third-order valence-electron chi connectivity index (χ3n) is 5.57. The average molecular weight is 380 g/mol. The van der Waals surface area contributed by atoms with Gasteiger partial charge in [0.15, 0.2) is 0 Å². The van der Waals surface area contributed by atoms with Crippen molar-refractivity contribution in [2.75, 3.05) is 14.2 Å². The molecule has 0 aromatic heterocycles. The maximum Gasteiger partial charge on any atom is 0.271 e. The number of aliphatic hydroxyl groups is 1. The molecule has 2 aromatic rings. The molecule has 6 heteroatoms. The number of aliphatic hydroxyl groups excluding tert-OH is 1. The molecule has 1 aliphatic heterocycles. The highest BCUT2D eigenvalue weighted by Crippen LogP contribution is 2.44. The first-order chi connectivity index (χ1) is 13.5. The lowest BCUT2D eigenvalue weighted by Gasteiger charge is -2.30. The summed E-state index contributed by atoms with van der Waals surface area (Å²) in [6, 6.07) is 13.5. The van der Waals surface area contributed by atoms with Crippen molar-refractivity contribution in [2.24, 2.45) is 11.0 Å².